The highest BCUT2D eigenvalue weighted by Gasteiger charge is 2.21. The minimum Gasteiger partial charge on any atom is -0.443 e. The van der Waals surface area contributed by atoms with Crippen LogP contribution >= 0.6 is 0 Å². The van der Waals surface area contributed by atoms with Crippen molar-refractivity contribution in [3.8, 4) is 0 Å². The molecule has 0 heterocycles. The molecule has 1 rings (SSSR count). The van der Waals surface area contributed by atoms with E-state index in [4.69, 9.17) is 4.74 Å². The van der Waals surface area contributed by atoms with Crippen LogP contribution in [-0.4, -0.2) is 29.5 Å². The smallest absolute Gasteiger partial charge is 0.416 e. The first-order chi connectivity index (χ1) is 8.81. The van der Waals surface area contributed by atoms with Crippen LogP contribution in [0.4, 0.5) is 9.18 Å². The molecular formula is C14H18FNO3. The van der Waals surface area contributed by atoms with Gasteiger partial charge in [0.1, 0.15) is 11.4 Å². The maximum absolute atomic E-state index is 12.7. The normalized spacial score (nSPS) is 10.9. The van der Waals surface area contributed by atoms with Crippen molar-refractivity contribution < 1.29 is 18.7 Å². The highest BCUT2D eigenvalue weighted by atomic mass is 19.1. The minimum absolute atomic E-state index is 0.198. The Bertz CT molecular complexity index is 437. The Kier molecular flexibility index (Phi) is 5.03. The summed E-state index contributed by atoms with van der Waals surface area (Å²) in [5.41, 5.74) is 0.200. The van der Waals surface area contributed by atoms with Gasteiger partial charge < -0.3 is 4.74 Å². The van der Waals surface area contributed by atoms with Crippen LogP contribution in [0.2, 0.25) is 0 Å². The van der Waals surface area contributed by atoms with Crippen molar-refractivity contribution in [2.45, 2.75) is 32.8 Å². The maximum atomic E-state index is 12.7. The molecule has 0 aromatic heterocycles. The second-order valence-corrected chi connectivity index (χ2v) is 5.16. The maximum Gasteiger partial charge on any atom is 0.416 e. The number of ether oxygens (including phenoxy) is 1. The lowest BCUT2D eigenvalue weighted by Gasteiger charge is -2.23. The van der Waals surface area contributed by atoms with Crippen LogP contribution in [0.25, 0.3) is 0 Å². The number of carbonyl (C=O) groups is 2. The number of benzene rings is 1. The highest BCUT2D eigenvalue weighted by molar-refractivity contribution is 5.80. The third-order valence-electron chi connectivity index (χ3n) is 2.31. The Labute approximate surface area is 112 Å². The number of imide groups is 1. The van der Waals surface area contributed by atoms with Crippen molar-refractivity contribution >= 4 is 12.5 Å². The van der Waals surface area contributed by atoms with Crippen LogP contribution in [-0.2, 0) is 16.0 Å². The molecule has 0 bridgehead atoms. The van der Waals surface area contributed by atoms with Crippen molar-refractivity contribution in [2.24, 2.45) is 0 Å². The third-order valence-corrected chi connectivity index (χ3v) is 2.31. The predicted molar refractivity (Wildman–Crippen MR) is 69.1 cm³/mol. The van der Waals surface area contributed by atoms with Gasteiger partial charge in [-0.1, -0.05) is 12.1 Å². The van der Waals surface area contributed by atoms with E-state index in [2.05, 4.69) is 0 Å². The summed E-state index contributed by atoms with van der Waals surface area (Å²) in [5, 5.41) is 0. The average Bonchev–Trinajstić information content (AvgIpc) is 2.30. The first kappa shape index (κ1) is 15.1. The summed E-state index contributed by atoms with van der Waals surface area (Å²) < 4.78 is 17.8. The Hall–Kier alpha value is -1.91. The van der Waals surface area contributed by atoms with Crippen LogP contribution in [0.5, 0.6) is 0 Å². The summed E-state index contributed by atoms with van der Waals surface area (Å²) in [4.78, 5) is 23.5. The molecular weight excluding hydrogens is 249 g/mol. The van der Waals surface area contributed by atoms with E-state index < -0.39 is 11.7 Å². The van der Waals surface area contributed by atoms with E-state index in [-0.39, 0.29) is 12.4 Å². The standard InChI is InChI=1S/C14H18FNO3/c1-14(2,3)19-13(18)16(10-17)9-8-11-4-6-12(15)7-5-11/h4-7,10H,8-9H2,1-3H3. The average molecular weight is 267 g/mol. The molecule has 0 saturated heterocycles. The second kappa shape index (κ2) is 6.31. The molecule has 19 heavy (non-hydrogen) atoms. The molecule has 0 spiro atoms. The molecule has 0 fully saturated rings. The number of hydrogen-bond donors (Lipinski definition) is 0. The van der Waals surface area contributed by atoms with Crippen LogP contribution in [0.3, 0.4) is 0 Å². The molecule has 4 nitrogen and oxygen atoms in total. The topological polar surface area (TPSA) is 46.6 Å². The molecule has 1 aromatic carbocycles. The van der Waals surface area contributed by atoms with Gasteiger partial charge in [0.25, 0.3) is 0 Å². The van der Waals surface area contributed by atoms with E-state index in [9.17, 15) is 14.0 Å². The van der Waals surface area contributed by atoms with Gasteiger partial charge in [0.05, 0.1) is 0 Å². The third kappa shape index (κ3) is 5.50. The molecule has 0 aliphatic carbocycles. The van der Waals surface area contributed by atoms with Gasteiger partial charge >= 0.3 is 6.09 Å². The summed E-state index contributed by atoms with van der Waals surface area (Å²) >= 11 is 0. The summed E-state index contributed by atoms with van der Waals surface area (Å²) in [6, 6.07) is 5.92. The van der Waals surface area contributed by atoms with Crippen molar-refractivity contribution in [3.63, 3.8) is 0 Å². The molecule has 0 radical (unpaired) electrons. The van der Waals surface area contributed by atoms with Crippen LogP contribution in [0.15, 0.2) is 24.3 Å². The molecule has 2 amide bonds. The van der Waals surface area contributed by atoms with Gasteiger partial charge in [-0.25, -0.2) is 14.1 Å². The molecule has 0 aliphatic heterocycles. The van der Waals surface area contributed by atoms with E-state index in [0.29, 0.717) is 12.8 Å². The number of hydrogen-bond acceptors (Lipinski definition) is 3. The van der Waals surface area contributed by atoms with E-state index in [1.165, 1.54) is 12.1 Å². The number of nitrogens with zero attached hydrogens (tertiary/aromatic N) is 1. The van der Waals surface area contributed by atoms with Gasteiger partial charge in [0.2, 0.25) is 6.41 Å². The second-order valence-electron chi connectivity index (χ2n) is 5.16. The predicted octanol–water partition coefficient (Wildman–Crippen LogP) is 2.76. The van der Waals surface area contributed by atoms with E-state index in [0.717, 1.165) is 10.5 Å². The van der Waals surface area contributed by atoms with Crippen molar-refractivity contribution in [1.82, 2.24) is 4.90 Å². The molecule has 104 valence electrons. The number of rotatable bonds is 4. The molecule has 0 unspecified atom stereocenters. The van der Waals surface area contributed by atoms with Crippen molar-refractivity contribution in [3.05, 3.63) is 35.6 Å². The fraction of sp³-hybridized carbons (Fsp3) is 0.429. The zero-order valence-electron chi connectivity index (χ0n) is 11.4. The van der Waals surface area contributed by atoms with Crippen LogP contribution in [0.1, 0.15) is 26.3 Å². The highest BCUT2D eigenvalue weighted by Crippen LogP contribution is 2.10. The summed E-state index contributed by atoms with van der Waals surface area (Å²) in [5.74, 6) is -0.317. The zero-order valence-corrected chi connectivity index (χ0v) is 11.4. The first-order valence-electron chi connectivity index (χ1n) is 6.01. The Balaban J connectivity index is 2.55. The minimum atomic E-state index is -0.676. The largest absolute Gasteiger partial charge is 0.443 e. The summed E-state index contributed by atoms with van der Waals surface area (Å²) in [6.45, 7) is 5.39. The lowest BCUT2D eigenvalue weighted by molar-refractivity contribution is -0.117. The number of amides is 2. The Morgan fingerprint density at radius 1 is 1.32 bits per heavy atom. The number of carbonyl (C=O) groups excluding carboxylic acids is 2. The quantitative estimate of drug-likeness (QED) is 0.788. The Morgan fingerprint density at radius 2 is 1.89 bits per heavy atom. The monoisotopic (exact) mass is 267 g/mol. The summed E-state index contributed by atoms with van der Waals surface area (Å²) in [6.07, 6.45) is 0.222. The number of halogens is 1. The lowest BCUT2D eigenvalue weighted by Crippen LogP contribution is -2.37. The fourth-order valence-electron chi connectivity index (χ4n) is 1.41. The fourth-order valence-corrected chi connectivity index (χ4v) is 1.41. The molecule has 0 N–H and O–H groups in total. The van der Waals surface area contributed by atoms with Gasteiger partial charge in [-0.3, -0.25) is 4.79 Å². The van der Waals surface area contributed by atoms with Crippen molar-refractivity contribution in [2.75, 3.05) is 6.54 Å². The van der Waals surface area contributed by atoms with Gasteiger partial charge in [0.15, 0.2) is 0 Å². The van der Waals surface area contributed by atoms with Crippen LogP contribution in [0, 0.1) is 5.82 Å². The van der Waals surface area contributed by atoms with Crippen molar-refractivity contribution in [1.29, 1.82) is 0 Å². The van der Waals surface area contributed by atoms with Gasteiger partial charge in [-0.05, 0) is 44.9 Å². The Morgan fingerprint density at radius 3 is 2.37 bits per heavy atom. The molecule has 0 atom stereocenters. The van der Waals surface area contributed by atoms with E-state index >= 15 is 0 Å². The molecule has 1 aromatic rings. The first-order valence-corrected chi connectivity index (χ1v) is 6.01. The zero-order chi connectivity index (χ0) is 14.5. The summed E-state index contributed by atoms with van der Waals surface area (Å²) in [7, 11) is 0. The molecule has 0 aliphatic rings. The van der Waals surface area contributed by atoms with Gasteiger partial charge in [-0.2, -0.15) is 0 Å². The molecule has 0 saturated carbocycles. The van der Waals surface area contributed by atoms with E-state index in [1.54, 1.807) is 32.9 Å². The SMILES string of the molecule is CC(C)(C)OC(=O)N(C=O)CCc1ccc(F)cc1. The van der Waals surface area contributed by atoms with Crippen LogP contribution < -0.4 is 0 Å². The van der Waals surface area contributed by atoms with E-state index in [1.807, 2.05) is 0 Å². The van der Waals surface area contributed by atoms with Gasteiger partial charge in [0, 0.05) is 6.54 Å². The molecule has 5 heteroatoms. The lowest BCUT2D eigenvalue weighted by atomic mass is 10.1. The van der Waals surface area contributed by atoms with Gasteiger partial charge in [-0.15, -0.1) is 0 Å².